The van der Waals surface area contributed by atoms with E-state index in [2.05, 4.69) is 33.8 Å². The van der Waals surface area contributed by atoms with Crippen LogP contribution in [0.25, 0.3) is 0 Å². The van der Waals surface area contributed by atoms with E-state index in [1.54, 1.807) is 0 Å². The summed E-state index contributed by atoms with van der Waals surface area (Å²) in [6, 6.07) is 4.17. The van der Waals surface area contributed by atoms with E-state index in [-0.39, 0.29) is 0 Å². The predicted octanol–water partition coefficient (Wildman–Crippen LogP) is 2.71. The van der Waals surface area contributed by atoms with Gasteiger partial charge in [-0.15, -0.1) is 0 Å². The zero-order chi connectivity index (χ0) is 12.0. The van der Waals surface area contributed by atoms with Crippen molar-refractivity contribution in [3.05, 3.63) is 22.2 Å². The Morgan fingerprint density at radius 1 is 1.29 bits per heavy atom. The largest absolute Gasteiger partial charge is 0.398 e. The molecule has 3 rings (SSSR count). The van der Waals surface area contributed by atoms with Gasteiger partial charge < -0.3 is 15.4 Å². The Hall–Kier alpha value is -0.740. The van der Waals surface area contributed by atoms with Crippen LogP contribution in [0.15, 0.2) is 16.6 Å². The van der Waals surface area contributed by atoms with Gasteiger partial charge in [0.25, 0.3) is 0 Å². The number of morpholine rings is 1. The zero-order valence-corrected chi connectivity index (χ0v) is 11.5. The van der Waals surface area contributed by atoms with Crippen molar-refractivity contribution in [1.82, 2.24) is 0 Å². The highest BCUT2D eigenvalue weighted by Crippen LogP contribution is 2.35. The molecule has 2 N–H and O–H groups in total. The summed E-state index contributed by atoms with van der Waals surface area (Å²) in [4.78, 5) is 2.42. The SMILES string of the molecule is Cc1cc(N2CC3CCC(C2)O3)c(Br)cc1N. The molecule has 2 aliphatic rings. The summed E-state index contributed by atoms with van der Waals surface area (Å²) in [5.41, 5.74) is 9.15. The topological polar surface area (TPSA) is 38.5 Å². The molecule has 2 aliphatic heterocycles. The van der Waals surface area contributed by atoms with Crippen LogP contribution in [-0.4, -0.2) is 25.3 Å². The lowest BCUT2D eigenvalue weighted by Crippen LogP contribution is -2.42. The first-order chi connectivity index (χ1) is 8.13. The number of halogens is 1. The van der Waals surface area contributed by atoms with Gasteiger partial charge >= 0.3 is 0 Å². The maximum Gasteiger partial charge on any atom is 0.0755 e. The van der Waals surface area contributed by atoms with Gasteiger partial charge in [0.15, 0.2) is 0 Å². The Bertz CT molecular complexity index is 437. The molecule has 2 saturated heterocycles. The third-order valence-electron chi connectivity index (χ3n) is 3.72. The minimum atomic E-state index is 0.415. The Balaban J connectivity index is 1.91. The molecule has 1 aromatic rings. The van der Waals surface area contributed by atoms with Crippen molar-refractivity contribution < 1.29 is 4.74 Å². The molecule has 0 amide bonds. The number of aryl methyl sites for hydroxylation is 1. The van der Waals surface area contributed by atoms with Crippen LogP contribution < -0.4 is 10.6 Å². The van der Waals surface area contributed by atoms with Gasteiger partial charge in [0, 0.05) is 23.2 Å². The summed E-state index contributed by atoms with van der Waals surface area (Å²) in [5, 5.41) is 0. The van der Waals surface area contributed by atoms with E-state index in [4.69, 9.17) is 10.5 Å². The molecule has 0 spiro atoms. The van der Waals surface area contributed by atoms with E-state index in [0.717, 1.165) is 28.8 Å². The summed E-state index contributed by atoms with van der Waals surface area (Å²) < 4.78 is 6.95. The fourth-order valence-electron chi connectivity index (χ4n) is 2.74. The molecule has 0 aliphatic carbocycles. The molecular formula is C13H17BrN2O. The number of nitrogens with two attached hydrogens (primary N) is 1. The van der Waals surface area contributed by atoms with Gasteiger partial charge in [-0.05, 0) is 53.4 Å². The molecule has 2 atom stereocenters. The first kappa shape index (κ1) is 11.4. The normalized spacial score (nSPS) is 27.5. The third kappa shape index (κ3) is 2.04. The number of benzene rings is 1. The minimum Gasteiger partial charge on any atom is -0.398 e. The van der Waals surface area contributed by atoms with Crippen LogP contribution in [0.5, 0.6) is 0 Å². The number of fused-ring (bicyclic) bond motifs is 2. The van der Waals surface area contributed by atoms with Crippen LogP contribution in [0, 0.1) is 6.92 Å². The number of hydrogen-bond acceptors (Lipinski definition) is 3. The van der Waals surface area contributed by atoms with Gasteiger partial charge in [-0.25, -0.2) is 0 Å². The van der Waals surface area contributed by atoms with Crippen LogP contribution in [-0.2, 0) is 4.74 Å². The average Bonchev–Trinajstić information content (AvgIpc) is 2.63. The molecule has 4 heteroatoms. The van der Waals surface area contributed by atoms with Gasteiger partial charge in [0.2, 0.25) is 0 Å². The number of hydrogen-bond donors (Lipinski definition) is 1. The fraction of sp³-hybridized carbons (Fsp3) is 0.538. The van der Waals surface area contributed by atoms with Gasteiger partial charge in [-0.1, -0.05) is 0 Å². The Kier molecular flexibility index (Phi) is 2.79. The molecule has 2 fully saturated rings. The quantitative estimate of drug-likeness (QED) is 0.810. The number of nitrogens with zero attached hydrogens (tertiary/aromatic N) is 1. The first-order valence-corrected chi connectivity index (χ1v) is 6.89. The molecule has 1 aromatic carbocycles. The highest BCUT2D eigenvalue weighted by Gasteiger charge is 2.34. The van der Waals surface area contributed by atoms with Crippen molar-refractivity contribution in [2.75, 3.05) is 23.7 Å². The summed E-state index contributed by atoms with van der Waals surface area (Å²) in [6.45, 7) is 4.05. The van der Waals surface area contributed by atoms with Gasteiger partial charge in [-0.3, -0.25) is 0 Å². The van der Waals surface area contributed by atoms with Crippen LogP contribution >= 0.6 is 15.9 Å². The lowest BCUT2D eigenvalue weighted by atomic mass is 10.1. The van der Waals surface area contributed by atoms with Gasteiger partial charge in [0.05, 0.1) is 17.9 Å². The van der Waals surface area contributed by atoms with Crippen molar-refractivity contribution in [3.8, 4) is 0 Å². The predicted molar refractivity (Wildman–Crippen MR) is 73.4 cm³/mol. The number of ether oxygens (including phenoxy) is 1. The van der Waals surface area contributed by atoms with Crippen molar-refractivity contribution in [1.29, 1.82) is 0 Å². The van der Waals surface area contributed by atoms with Crippen molar-refractivity contribution in [2.24, 2.45) is 0 Å². The molecule has 2 heterocycles. The maximum atomic E-state index is 5.91. The van der Waals surface area contributed by atoms with E-state index in [1.165, 1.54) is 18.5 Å². The standard InChI is InChI=1S/C13H17BrN2O/c1-8-4-13(11(14)5-12(8)15)16-6-9-2-3-10(7-16)17-9/h4-5,9-10H,2-3,6-7,15H2,1H3. The van der Waals surface area contributed by atoms with E-state index >= 15 is 0 Å². The van der Waals surface area contributed by atoms with E-state index in [9.17, 15) is 0 Å². The van der Waals surface area contributed by atoms with Gasteiger partial charge in [-0.2, -0.15) is 0 Å². The van der Waals surface area contributed by atoms with Crippen LogP contribution in [0.3, 0.4) is 0 Å². The lowest BCUT2D eigenvalue weighted by molar-refractivity contribution is 0.0304. The van der Waals surface area contributed by atoms with E-state index in [1.807, 2.05) is 6.07 Å². The second-order valence-corrected chi connectivity index (χ2v) is 5.88. The number of anilines is 2. The van der Waals surface area contributed by atoms with Crippen molar-refractivity contribution in [2.45, 2.75) is 32.0 Å². The fourth-order valence-corrected chi connectivity index (χ4v) is 3.35. The molecule has 0 aromatic heterocycles. The second-order valence-electron chi connectivity index (χ2n) is 5.02. The zero-order valence-electron chi connectivity index (χ0n) is 9.95. The molecule has 3 nitrogen and oxygen atoms in total. The Morgan fingerprint density at radius 2 is 1.94 bits per heavy atom. The van der Waals surface area contributed by atoms with E-state index < -0.39 is 0 Å². The average molecular weight is 297 g/mol. The monoisotopic (exact) mass is 296 g/mol. The van der Waals surface area contributed by atoms with Crippen LogP contribution in [0.1, 0.15) is 18.4 Å². The molecule has 0 radical (unpaired) electrons. The summed E-state index contributed by atoms with van der Waals surface area (Å²) in [7, 11) is 0. The maximum absolute atomic E-state index is 5.91. The molecule has 92 valence electrons. The molecular weight excluding hydrogens is 280 g/mol. The highest BCUT2D eigenvalue weighted by atomic mass is 79.9. The lowest BCUT2D eigenvalue weighted by Gasteiger charge is -2.34. The van der Waals surface area contributed by atoms with Crippen LogP contribution in [0.2, 0.25) is 0 Å². The Labute approximate surface area is 110 Å². The summed E-state index contributed by atoms with van der Waals surface area (Å²) >= 11 is 3.61. The molecule has 2 bridgehead atoms. The molecule has 0 saturated carbocycles. The molecule has 17 heavy (non-hydrogen) atoms. The van der Waals surface area contributed by atoms with Crippen molar-refractivity contribution in [3.63, 3.8) is 0 Å². The smallest absolute Gasteiger partial charge is 0.0755 e. The first-order valence-electron chi connectivity index (χ1n) is 6.09. The molecule has 2 unspecified atom stereocenters. The minimum absolute atomic E-state index is 0.415. The number of rotatable bonds is 1. The Morgan fingerprint density at radius 3 is 2.59 bits per heavy atom. The summed E-state index contributed by atoms with van der Waals surface area (Å²) in [6.07, 6.45) is 3.23. The van der Waals surface area contributed by atoms with Gasteiger partial charge in [0.1, 0.15) is 0 Å². The number of nitrogen functional groups attached to an aromatic ring is 1. The third-order valence-corrected chi connectivity index (χ3v) is 4.35. The van der Waals surface area contributed by atoms with Crippen molar-refractivity contribution >= 4 is 27.3 Å². The second kappa shape index (κ2) is 4.18. The van der Waals surface area contributed by atoms with Crippen LogP contribution in [0.4, 0.5) is 11.4 Å². The summed E-state index contributed by atoms with van der Waals surface area (Å²) in [5.74, 6) is 0. The van der Waals surface area contributed by atoms with E-state index in [0.29, 0.717) is 12.2 Å². The highest BCUT2D eigenvalue weighted by molar-refractivity contribution is 9.10.